The number of nitrogens with one attached hydrogen (secondary N) is 1. The molecule has 7 heteroatoms. The van der Waals surface area contributed by atoms with Crippen LogP contribution >= 0.6 is 0 Å². The molecule has 1 N–H and O–H groups in total. The Morgan fingerprint density at radius 3 is 2.35 bits per heavy atom. The number of carbonyl (C=O) groups excluding carboxylic acids is 1. The molecule has 0 spiro atoms. The van der Waals surface area contributed by atoms with Crippen LogP contribution in [0, 0.1) is 0 Å². The fourth-order valence-corrected chi connectivity index (χ4v) is 3.52. The summed E-state index contributed by atoms with van der Waals surface area (Å²) >= 11 is 0. The number of pyridine rings is 2. The van der Waals surface area contributed by atoms with Gasteiger partial charge in [0.1, 0.15) is 11.3 Å². The van der Waals surface area contributed by atoms with E-state index in [1.807, 2.05) is 83.7 Å². The first kappa shape index (κ1) is 21.1. The Balaban J connectivity index is 1.40. The molecule has 0 aliphatic carbocycles. The molecule has 0 aliphatic rings. The molecule has 3 aromatic heterocycles. The molecule has 3 heterocycles. The van der Waals surface area contributed by atoms with Crippen LogP contribution in [-0.4, -0.2) is 25.7 Å². The highest BCUT2D eigenvalue weighted by Crippen LogP contribution is 2.25. The topological polar surface area (TPSA) is 81.9 Å². The Bertz CT molecular complexity index is 1390. The number of rotatable bonds is 7. The number of aromatic nitrogens is 4. The molecule has 34 heavy (non-hydrogen) atoms. The molecule has 166 valence electrons. The maximum Gasteiger partial charge on any atom is 0.257 e. The van der Waals surface area contributed by atoms with E-state index in [1.165, 1.54) is 0 Å². The summed E-state index contributed by atoms with van der Waals surface area (Å²) in [5.41, 5.74) is 3.85. The van der Waals surface area contributed by atoms with Crippen LogP contribution in [0.4, 0.5) is 0 Å². The van der Waals surface area contributed by atoms with Crippen LogP contribution in [0.2, 0.25) is 0 Å². The highest BCUT2D eigenvalue weighted by molar-refractivity contribution is 5.96. The van der Waals surface area contributed by atoms with E-state index in [4.69, 9.17) is 9.84 Å². The lowest BCUT2D eigenvalue weighted by Gasteiger charge is -2.10. The van der Waals surface area contributed by atoms with Gasteiger partial charge in [-0.15, -0.1) is 0 Å². The molecular weight excluding hydrogens is 426 g/mol. The summed E-state index contributed by atoms with van der Waals surface area (Å²) in [5, 5.41) is 7.76. The second kappa shape index (κ2) is 9.79. The van der Waals surface area contributed by atoms with Gasteiger partial charge in [-0.05, 0) is 48.5 Å². The lowest BCUT2D eigenvalue weighted by atomic mass is 10.1. The van der Waals surface area contributed by atoms with Gasteiger partial charge in [0, 0.05) is 42.5 Å². The normalized spacial score (nSPS) is 10.6. The second-order valence-corrected chi connectivity index (χ2v) is 7.47. The SMILES string of the molecule is O=C(NCc1cn(-c2ccccc2)nc1-c1ccncc1)c1cccnc1Oc1ccccc1. The number of para-hydroxylation sites is 2. The Labute approximate surface area is 196 Å². The molecule has 0 saturated heterocycles. The lowest BCUT2D eigenvalue weighted by molar-refractivity contribution is 0.0948. The van der Waals surface area contributed by atoms with Crippen molar-refractivity contribution in [3.05, 3.63) is 121 Å². The third kappa shape index (κ3) is 4.68. The predicted molar refractivity (Wildman–Crippen MR) is 129 cm³/mol. The number of nitrogens with zero attached hydrogens (tertiary/aromatic N) is 4. The number of amides is 1. The van der Waals surface area contributed by atoms with E-state index in [0.717, 1.165) is 22.5 Å². The van der Waals surface area contributed by atoms with Gasteiger partial charge in [0.25, 0.3) is 5.91 Å². The number of hydrogen-bond acceptors (Lipinski definition) is 5. The summed E-state index contributed by atoms with van der Waals surface area (Å²) in [4.78, 5) is 21.4. The highest BCUT2D eigenvalue weighted by Gasteiger charge is 2.17. The van der Waals surface area contributed by atoms with Gasteiger partial charge >= 0.3 is 0 Å². The van der Waals surface area contributed by atoms with Crippen LogP contribution < -0.4 is 10.1 Å². The molecular formula is C27H21N5O2. The average Bonchev–Trinajstić information content (AvgIpc) is 3.34. The van der Waals surface area contributed by atoms with Gasteiger partial charge in [-0.2, -0.15) is 5.10 Å². The molecule has 5 aromatic rings. The lowest BCUT2D eigenvalue weighted by Crippen LogP contribution is -2.23. The maximum absolute atomic E-state index is 13.1. The molecule has 2 aromatic carbocycles. The molecule has 1 amide bonds. The van der Waals surface area contributed by atoms with Gasteiger partial charge in [-0.1, -0.05) is 36.4 Å². The first-order valence-corrected chi connectivity index (χ1v) is 10.8. The molecule has 0 saturated carbocycles. The predicted octanol–water partition coefficient (Wildman–Crippen LogP) is 5.05. The number of ether oxygens (including phenoxy) is 1. The first-order valence-electron chi connectivity index (χ1n) is 10.8. The summed E-state index contributed by atoms with van der Waals surface area (Å²) in [6.07, 6.45) is 6.97. The van der Waals surface area contributed by atoms with Crippen molar-refractivity contribution in [2.45, 2.75) is 6.54 Å². The van der Waals surface area contributed by atoms with E-state index in [9.17, 15) is 4.79 Å². The quantitative estimate of drug-likeness (QED) is 0.377. The summed E-state index contributed by atoms with van der Waals surface area (Å²) in [5.74, 6) is 0.576. The monoisotopic (exact) mass is 447 g/mol. The van der Waals surface area contributed by atoms with E-state index in [2.05, 4.69) is 15.3 Å². The van der Waals surface area contributed by atoms with Gasteiger partial charge in [0.2, 0.25) is 5.88 Å². The van der Waals surface area contributed by atoms with Crippen molar-refractivity contribution in [1.82, 2.24) is 25.1 Å². The van der Waals surface area contributed by atoms with Gasteiger partial charge in [0.15, 0.2) is 0 Å². The van der Waals surface area contributed by atoms with Crippen LogP contribution in [0.1, 0.15) is 15.9 Å². The summed E-state index contributed by atoms with van der Waals surface area (Å²) < 4.78 is 7.65. The van der Waals surface area contributed by atoms with Crippen LogP contribution in [0.15, 0.2) is 110 Å². The average molecular weight is 447 g/mol. The molecule has 5 rings (SSSR count). The minimum absolute atomic E-state index is 0.250. The molecule has 0 bridgehead atoms. The van der Waals surface area contributed by atoms with Gasteiger partial charge in [-0.3, -0.25) is 9.78 Å². The van der Waals surface area contributed by atoms with Crippen LogP contribution in [-0.2, 0) is 6.54 Å². The standard InChI is InChI=1S/C27H21N5O2/c33-26(24-12-7-15-29-27(24)34-23-10-5-2-6-11-23)30-18-21-19-32(22-8-3-1-4-9-22)31-25(21)20-13-16-28-17-14-20/h1-17,19H,18H2,(H,30,33). The number of hydrogen-bond donors (Lipinski definition) is 1. The second-order valence-electron chi connectivity index (χ2n) is 7.47. The van der Waals surface area contributed by atoms with Crippen molar-refractivity contribution in [3.8, 4) is 28.6 Å². The number of benzene rings is 2. The summed E-state index contributed by atoms with van der Waals surface area (Å²) in [6, 6.07) is 26.3. The fourth-order valence-electron chi connectivity index (χ4n) is 3.52. The molecule has 7 nitrogen and oxygen atoms in total. The minimum Gasteiger partial charge on any atom is -0.438 e. The van der Waals surface area contributed by atoms with E-state index in [1.54, 1.807) is 30.7 Å². The smallest absolute Gasteiger partial charge is 0.257 e. The first-order chi connectivity index (χ1) is 16.8. The summed E-state index contributed by atoms with van der Waals surface area (Å²) in [7, 11) is 0. The van der Waals surface area contributed by atoms with E-state index >= 15 is 0 Å². The zero-order valence-corrected chi connectivity index (χ0v) is 18.2. The molecule has 0 fully saturated rings. The van der Waals surface area contributed by atoms with Gasteiger partial charge in [-0.25, -0.2) is 9.67 Å². The molecule has 0 aliphatic heterocycles. The van der Waals surface area contributed by atoms with E-state index in [-0.39, 0.29) is 18.3 Å². The van der Waals surface area contributed by atoms with Crippen LogP contribution in [0.25, 0.3) is 16.9 Å². The third-order valence-corrected chi connectivity index (χ3v) is 5.18. The Kier molecular flexibility index (Phi) is 6.07. The summed E-state index contributed by atoms with van der Waals surface area (Å²) in [6.45, 7) is 0.281. The van der Waals surface area contributed by atoms with Crippen molar-refractivity contribution in [3.63, 3.8) is 0 Å². The Morgan fingerprint density at radius 2 is 1.59 bits per heavy atom. The van der Waals surface area contributed by atoms with Crippen molar-refractivity contribution < 1.29 is 9.53 Å². The molecule has 0 unspecified atom stereocenters. The Morgan fingerprint density at radius 1 is 0.853 bits per heavy atom. The number of carbonyl (C=O) groups is 1. The van der Waals surface area contributed by atoms with Crippen molar-refractivity contribution in [2.24, 2.45) is 0 Å². The van der Waals surface area contributed by atoms with Crippen LogP contribution in [0.5, 0.6) is 11.6 Å². The zero-order chi connectivity index (χ0) is 23.2. The largest absolute Gasteiger partial charge is 0.438 e. The van der Waals surface area contributed by atoms with Gasteiger partial charge in [0.05, 0.1) is 11.4 Å². The van der Waals surface area contributed by atoms with Crippen molar-refractivity contribution in [1.29, 1.82) is 0 Å². The molecule has 0 radical (unpaired) electrons. The van der Waals surface area contributed by atoms with Crippen molar-refractivity contribution in [2.75, 3.05) is 0 Å². The maximum atomic E-state index is 13.1. The third-order valence-electron chi connectivity index (χ3n) is 5.18. The van der Waals surface area contributed by atoms with Crippen LogP contribution in [0.3, 0.4) is 0 Å². The minimum atomic E-state index is -0.285. The van der Waals surface area contributed by atoms with E-state index < -0.39 is 0 Å². The van der Waals surface area contributed by atoms with E-state index in [0.29, 0.717) is 11.3 Å². The zero-order valence-electron chi connectivity index (χ0n) is 18.2. The molecule has 0 atom stereocenters. The van der Waals surface area contributed by atoms with Gasteiger partial charge < -0.3 is 10.1 Å². The highest BCUT2D eigenvalue weighted by atomic mass is 16.5. The fraction of sp³-hybridized carbons (Fsp3) is 0.0370. The van der Waals surface area contributed by atoms with Crippen molar-refractivity contribution >= 4 is 5.91 Å². The Hall–Kier alpha value is -4.78.